The Morgan fingerprint density at radius 1 is 0.800 bits per heavy atom. The Bertz CT molecular complexity index is 685. The van der Waals surface area contributed by atoms with Crippen molar-refractivity contribution in [2.24, 2.45) is 0 Å². The number of carbonyl (C=O) groups excluding carboxylic acids is 2. The Hall–Kier alpha value is -2.42. The van der Waals surface area contributed by atoms with E-state index in [0.29, 0.717) is 23.0 Å². The fourth-order valence-electron chi connectivity index (χ4n) is 2.62. The Kier molecular flexibility index (Phi) is 6.51. The first-order valence-electron chi connectivity index (χ1n) is 8.92. The van der Waals surface area contributed by atoms with Crippen LogP contribution in [0.1, 0.15) is 84.2 Å². The molecule has 0 aromatic heterocycles. The minimum atomic E-state index is -0.607. The zero-order valence-corrected chi connectivity index (χ0v) is 15.4. The summed E-state index contributed by atoms with van der Waals surface area (Å²) in [5, 5.41) is 0. The lowest BCUT2D eigenvalue weighted by Gasteiger charge is -2.11. The van der Waals surface area contributed by atoms with E-state index in [1.165, 1.54) is 0 Å². The SMILES string of the molecule is CCC(C)c1cccc(C(=O)OC(=O)c2cccc(C(C)CC)c2)c1. The van der Waals surface area contributed by atoms with Gasteiger partial charge in [0.05, 0.1) is 11.1 Å². The van der Waals surface area contributed by atoms with Gasteiger partial charge in [0.1, 0.15) is 0 Å². The first-order valence-corrected chi connectivity index (χ1v) is 8.92. The van der Waals surface area contributed by atoms with Gasteiger partial charge in [0.15, 0.2) is 0 Å². The first kappa shape index (κ1) is 18.9. The number of benzene rings is 2. The van der Waals surface area contributed by atoms with E-state index in [4.69, 9.17) is 4.74 Å². The molecule has 2 aromatic rings. The highest BCUT2D eigenvalue weighted by molar-refractivity contribution is 6.02. The van der Waals surface area contributed by atoms with Crippen LogP contribution in [0.4, 0.5) is 0 Å². The summed E-state index contributed by atoms with van der Waals surface area (Å²) in [6.07, 6.45) is 1.97. The average Bonchev–Trinajstić information content (AvgIpc) is 2.66. The normalized spacial score (nSPS) is 13.1. The molecule has 0 heterocycles. The van der Waals surface area contributed by atoms with Crippen molar-refractivity contribution in [1.82, 2.24) is 0 Å². The molecule has 2 aromatic carbocycles. The van der Waals surface area contributed by atoms with E-state index >= 15 is 0 Å². The Balaban J connectivity index is 2.14. The van der Waals surface area contributed by atoms with Gasteiger partial charge in [0, 0.05) is 0 Å². The van der Waals surface area contributed by atoms with E-state index in [0.717, 1.165) is 24.0 Å². The second-order valence-corrected chi connectivity index (χ2v) is 6.55. The second-order valence-electron chi connectivity index (χ2n) is 6.55. The van der Waals surface area contributed by atoms with Crippen molar-refractivity contribution in [2.45, 2.75) is 52.4 Å². The molecule has 0 fully saturated rings. The van der Waals surface area contributed by atoms with Crippen molar-refractivity contribution in [2.75, 3.05) is 0 Å². The topological polar surface area (TPSA) is 43.4 Å². The molecule has 2 atom stereocenters. The van der Waals surface area contributed by atoms with Gasteiger partial charge in [-0.05, 0) is 60.1 Å². The maximum Gasteiger partial charge on any atom is 0.346 e. The molecule has 0 saturated heterocycles. The Morgan fingerprint density at radius 2 is 1.20 bits per heavy atom. The van der Waals surface area contributed by atoms with Crippen LogP contribution in [0.15, 0.2) is 48.5 Å². The predicted octanol–water partition coefficient (Wildman–Crippen LogP) is 5.71. The lowest BCUT2D eigenvalue weighted by Crippen LogP contribution is -2.13. The molecule has 0 aliphatic heterocycles. The molecule has 0 amide bonds. The van der Waals surface area contributed by atoms with E-state index in [9.17, 15) is 9.59 Å². The number of hydrogen-bond donors (Lipinski definition) is 0. The molecule has 0 bridgehead atoms. The molecule has 0 aliphatic carbocycles. The van der Waals surface area contributed by atoms with Gasteiger partial charge >= 0.3 is 11.9 Å². The highest BCUT2D eigenvalue weighted by atomic mass is 16.6. The van der Waals surface area contributed by atoms with Crippen molar-refractivity contribution in [3.05, 3.63) is 70.8 Å². The van der Waals surface area contributed by atoms with Crippen molar-refractivity contribution < 1.29 is 14.3 Å². The summed E-state index contributed by atoms with van der Waals surface area (Å²) in [5.41, 5.74) is 2.96. The number of hydrogen-bond acceptors (Lipinski definition) is 3. The van der Waals surface area contributed by atoms with Crippen LogP contribution < -0.4 is 0 Å². The average molecular weight is 338 g/mol. The molecule has 0 aliphatic rings. The van der Waals surface area contributed by atoms with Crippen molar-refractivity contribution in [3.63, 3.8) is 0 Å². The third kappa shape index (κ3) is 4.79. The van der Waals surface area contributed by atoms with Gasteiger partial charge in [-0.15, -0.1) is 0 Å². The largest absolute Gasteiger partial charge is 0.386 e. The standard InChI is InChI=1S/C22H26O3/c1-5-15(3)17-9-7-11-19(13-17)21(23)25-22(24)20-12-8-10-18(14-20)16(4)6-2/h7-16H,5-6H2,1-4H3. The highest BCUT2D eigenvalue weighted by Gasteiger charge is 2.17. The molecule has 2 unspecified atom stereocenters. The number of esters is 2. The molecule has 3 heteroatoms. The maximum atomic E-state index is 12.3. The Morgan fingerprint density at radius 3 is 1.56 bits per heavy atom. The van der Waals surface area contributed by atoms with Crippen LogP contribution in [0.3, 0.4) is 0 Å². The van der Waals surface area contributed by atoms with Gasteiger partial charge in [-0.3, -0.25) is 0 Å². The van der Waals surface area contributed by atoms with E-state index in [1.807, 2.05) is 24.3 Å². The summed E-state index contributed by atoms with van der Waals surface area (Å²) < 4.78 is 5.08. The van der Waals surface area contributed by atoms with Crippen LogP contribution in [0.2, 0.25) is 0 Å². The molecule has 25 heavy (non-hydrogen) atoms. The zero-order chi connectivity index (χ0) is 18.4. The quantitative estimate of drug-likeness (QED) is 0.500. The minimum absolute atomic E-state index is 0.357. The van der Waals surface area contributed by atoms with E-state index in [2.05, 4.69) is 27.7 Å². The lowest BCUT2D eigenvalue weighted by atomic mass is 9.97. The van der Waals surface area contributed by atoms with Crippen molar-refractivity contribution in [3.8, 4) is 0 Å². The van der Waals surface area contributed by atoms with Gasteiger partial charge in [0.2, 0.25) is 0 Å². The molecule has 132 valence electrons. The number of carbonyl (C=O) groups is 2. The van der Waals surface area contributed by atoms with Crippen molar-refractivity contribution >= 4 is 11.9 Å². The lowest BCUT2D eigenvalue weighted by molar-refractivity contribution is 0.0397. The molecule has 3 nitrogen and oxygen atoms in total. The van der Waals surface area contributed by atoms with Crippen LogP contribution in [0.25, 0.3) is 0 Å². The molecule has 0 saturated carbocycles. The van der Waals surface area contributed by atoms with Crippen LogP contribution >= 0.6 is 0 Å². The van der Waals surface area contributed by atoms with E-state index in [1.54, 1.807) is 24.3 Å². The molecule has 0 radical (unpaired) electrons. The summed E-state index contributed by atoms with van der Waals surface area (Å²) in [6, 6.07) is 14.6. The molecular weight excluding hydrogens is 312 g/mol. The summed E-state index contributed by atoms with van der Waals surface area (Å²) in [5.74, 6) is -0.500. The third-order valence-corrected chi connectivity index (χ3v) is 4.79. The summed E-state index contributed by atoms with van der Waals surface area (Å²) >= 11 is 0. The molecule has 2 rings (SSSR count). The van der Waals surface area contributed by atoms with Crippen molar-refractivity contribution in [1.29, 1.82) is 0 Å². The predicted molar refractivity (Wildman–Crippen MR) is 100 cm³/mol. The van der Waals surface area contributed by atoms with Gasteiger partial charge in [-0.25, -0.2) is 9.59 Å². The third-order valence-electron chi connectivity index (χ3n) is 4.79. The Labute approximate surface area is 150 Å². The van der Waals surface area contributed by atoms with Crippen LogP contribution in [0.5, 0.6) is 0 Å². The van der Waals surface area contributed by atoms with Gasteiger partial charge in [-0.1, -0.05) is 52.0 Å². The van der Waals surface area contributed by atoms with E-state index < -0.39 is 11.9 Å². The molecular formula is C22H26O3. The van der Waals surface area contributed by atoms with Crippen LogP contribution in [-0.4, -0.2) is 11.9 Å². The maximum absolute atomic E-state index is 12.3. The number of rotatable bonds is 6. The molecule has 0 N–H and O–H groups in total. The van der Waals surface area contributed by atoms with Crippen LogP contribution in [-0.2, 0) is 4.74 Å². The zero-order valence-electron chi connectivity index (χ0n) is 15.4. The smallest absolute Gasteiger partial charge is 0.346 e. The second kappa shape index (κ2) is 8.61. The fraction of sp³-hybridized carbons (Fsp3) is 0.364. The van der Waals surface area contributed by atoms with Gasteiger partial charge in [0.25, 0.3) is 0 Å². The van der Waals surface area contributed by atoms with E-state index in [-0.39, 0.29) is 0 Å². The molecule has 0 spiro atoms. The minimum Gasteiger partial charge on any atom is -0.386 e. The monoisotopic (exact) mass is 338 g/mol. The fourth-order valence-corrected chi connectivity index (χ4v) is 2.62. The summed E-state index contributed by atoms with van der Waals surface area (Å²) in [6.45, 7) is 8.42. The summed E-state index contributed by atoms with van der Waals surface area (Å²) in [7, 11) is 0. The van der Waals surface area contributed by atoms with Gasteiger partial charge < -0.3 is 4.74 Å². The summed E-state index contributed by atoms with van der Waals surface area (Å²) in [4.78, 5) is 24.6. The first-order chi connectivity index (χ1) is 12.0. The number of ether oxygens (including phenoxy) is 1. The highest BCUT2D eigenvalue weighted by Crippen LogP contribution is 2.21. The van der Waals surface area contributed by atoms with Gasteiger partial charge in [-0.2, -0.15) is 0 Å². The van der Waals surface area contributed by atoms with Crippen LogP contribution in [0, 0.1) is 0 Å².